The Labute approximate surface area is 368 Å². The molecule has 0 aliphatic carbocycles. The summed E-state index contributed by atoms with van der Waals surface area (Å²) >= 11 is 0. The molecule has 0 atom stereocenters. The highest BCUT2D eigenvalue weighted by Gasteiger charge is 2.28. The Hall–Kier alpha value is -7.40. The molecule has 6 aromatic rings. The molecule has 0 aromatic heterocycles. The smallest absolute Gasteiger partial charge is 0.296 e. The minimum atomic E-state index is -5.14. The van der Waals surface area contributed by atoms with Crippen LogP contribution < -0.4 is 15.5 Å². The average molecular weight is 910 g/mol. The van der Waals surface area contributed by atoms with Gasteiger partial charge in [0.05, 0.1) is 33.8 Å². The minimum absolute atomic E-state index is 0.0569. The highest BCUT2D eigenvalue weighted by Crippen LogP contribution is 2.48. The van der Waals surface area contributed by atoms with Gasteiger partial charge in [-0.1, -0.05) is 0 Å². The van der Waals surface area contributed by atoms with Gasteiger partial charge in [-0.3, -0.25) is 9.11 Å². The molecule has 0 unspecified atom stereocenters. The molecule has 64 heavy (non-hydrogen) atoms. The molecular formula is C42H43N11O9S2. The molecular weight excluding hydrogens is 867 g/mol. The van der Waals surface area contributed by atoms with Gasteiger partial charge in [0.2, 0.25) is 0 Å². The molecule has 0 aliphatic heterocycles. The molecule has 0 radical (unpaired) electrons. The molecule has 0 fully saturated rings. The van der Waals surface area contributed by atoms with Crippen LogP contribution in [0.25, 0.3) is 10.8 Å². The summed E-state index contributed by atoms with van der Waals surface area (Å²) < 4.78 is 70.5. The molecule has 0 amide bonds. The number of phenols is 3. The van der Waals surface area contributed by atoms with Gasteiger partial charge >= 0.3 is 0 Å². The average Bonchev–Trinajstić information content (AvgIpc) is 3.26. The predicted molar refractivity (Wildman–Crippen MR) is 243 cm³/mol. The van der Waals surface area contributed by atoms with Crippen molar-refractivity contribution < 1.29 is 41.3 Å². The molecule has 0 spiro atoms. The summed E-state index contributed by atoms with van der Waals surface area (Å²) in [6, 6.07) is 23.6. The summed E-state index contributed by atoms with van der Waals surface area (Å²) in [6.07, 6.45) is 0. The molecule has 332 valence electrons. The summed E-state index contributed by atoms with van der Waals surface area (Å²) in [7, 11) is -10.2. The maximum atomic E-state index is 12.6. The van der Waals surface area contributed by atoms with E-state index in [1.165, 1.54) is 48.5 Å². The van der Waals surface area contributed by atoms with Gasteiger partial charge in [0.15, 0.2) is 5.75 Å². The third-order valence-electron chi connectivity index (χ3n) is 9.82. The van der Waals surface area contributed by atoms with Gasteiger partial charge < -0.3 is 30.9 Å². The van der Waals surface area contributed by atoms with Gasteiger partial charge in [-0.05, 0) is 118 Å². The second-order valence-electron chi connectivity index (χ2n) is 13.8. The van der Waals surface area contributed by atoms with E-state index in [2.05, 4.69) is 50.7 Å². The molecule has 22 heteroatoms. The van der Waals surface area contributed by atoms with Crippen LogP contribution in [0.2, 0.25) is 0 Å². The number of hydrogen-bond acceptors (Lipinski definition) is 18. The quantitative estimate of drug-likeness (QED) is 0.0300. The van der Waals surface area contributed by atoms with E-state index in [9.17, 15) is 41.3 Å². The summed E-state index contributed by atoms with van der Waals surface area (Å²) in [6.45, 7) is 11.0. The van der Waals surface area contributed by atoms with E-state index in [0.29, 0.717) is 11.4 Å². The van der Waals surface area contributed by atoms with Crippen LogP contribution in [0.3, 0.4) is 0 Å². The van der Waals surface area contributed by atoms with Gasteiger partial charge in [-0.15, -0.1) is 20.5 Å². The van der Waals surface area contributed by atoms with Crippen molar-refractivity contribution in [1.82, 2.24) is 0 Å². The van der Waals surface area contributed by atoms with E-state index >= 15 is 0 Å². The van der Waals surface area contributed by atoms with Crippen molar-refractivity contribution in [3.8, 4) is 17.2 Å². The molecule has 20 nitrogen and oxygen atoms in total. The number of benzene rings is 6. The molecule has 6 aromatic carbocycles. The predicted octanol–water partition coefficient (Wildman–Crippen LogP) is 11.4. The Morgan fingerprint density at radius 1 is 0.484 bits per heavy atom. The number of azo groups is 4. The van der Waals surface area contributed by atoms with E-state index in [-0.39, 0.29) is 45.0 Å². The van der Waals surface area contributed by atoms with Gasteiger partial charge in [0.25, 0.3) is 20.2 Å². The van der Waals surface area contributed by atoms with Crippen LogP contribution in [0.4, 0.5) is 62.6 Å². The number of phenolic OH excluding ortho intramolecular Hbond substituents is 3. The minimum Gasteiger partial charge on any atom is -0.506 e. The first-order chi connectivity index (χ1) is 30.4. The van der Waals surface area contributed by atoms with Crippen LogP contribution in [0.5, 0.6) is 17.2 Å². The molecule has 0 heterocycles. The number of rotatable bonds is 16. The third kappa shape index (κ3) is 10.4. The summed E-state index contributed by atoms with van der Waals surface area (Å²) in [5.41, 5.74) is 7.62. The fourth-order valence-corrected chi connectivity index (χ4v) is 7.81. The topological polar surface area (TPSA) is 301 Å². The van der Waals surface area contributed by atoms with Crippen LogP contribution in [0, 0.1) is 0 Å². The van der Waals surface area contributed by atoms with Crippen molar-refractivity contribution >= 4 is 93.6 Å². The van der Waals surface area contributed by atoms with Crippen LogP contribution in [-0.2, 0) is 20.2 Å². The molecule has 0 saturated heterocycles. The Balaban J connectivity index is 1.29. The fraction of sp³-hybridized carbons (Fsp3) is 0.190. The summed E-state index contributed by atoms with van der Waals surface area (Å²) in [4.78, 5) is 2.27. The van der Waals surface area contributed by atoms with Crippen LogP contribution in [-0.4, -0.2) is 67.4 Å². The van der Waals surface area contributed by atoms with E-state index in [1.807, 2.05) is 39.8 Å². The second-order valence-corrected chi connectivity index (χ2v) is 16.6. The zero-order chi connectivity index (χ0) is 46.3. The van der Waals surface area contributed by atoms with Gasteiger partial charge in [-0.2, -0.15) is 37.3 Å². The number of nitrogen functional groups attached to an aromatic ring is 1. The molecule has 0 saturated carbocycles. The van der Waals surface area contributed by atoms with E-state index in [0.717, 1.165) is 49.7 Å². The summed E-state index contributed by atoms with van der Waals surface area (Å²) in [5.74, 6) is -1.04. The number of nitrogens with zero attached hydrogens (tertiary/aromatic N) is 10. The van der Waals surface area contributed by atoms with Crippen LogP contribution in [0.1, 0.15) is 27.7 Å². The second kappa shape index (κ2) is 19.3. The van der Waals surface area contributed by atoms with E-state index < -0.39 is 52.8 Å². The van der Waals surface area contributed by atoms with Crippen molar-refractivity contribution in [2.45, 2.75) is 37.5 Å². The van der Waals surface area contributed by atoms with Gasteiger partial charge in [0, 0.05) is 49.7 Å². The Kier molecular flexibility index (Phi) is 13.9. The van der Waals surface area contributed by atoms with Crippen molar-refractivity contribution in [2.75, 3.05) is 41.7 Å². The van der Waals surface area contributed by atoms with Crippen molar-refractivity contribution in [3.63, 3.8) is 0 Å². The van der Waals surface area contributed by atoms with Crippen molar-refractivity contribution in [3.05, 3.63) is 97.1 Å². The van der Waals surface area contributed by atoms with E-state index in [4.69, 9.17) is 5.73 Å². The monoisotopic (exact) mass is 909 g/mol. The normalized spacial score (nSPS) is 12.4. The molecule has 6 rings (SSSR count). The Morgan fingerprint density at radius 3 is 1.17 bits per heavy atom. The lowest BCUT2D eigenvalue weighted by molar-refractivity contribution is 0.472. The SMILES string of the molecule is CCN(CC)c1ccc(N=Nc2ccc(N=Nc3c(S(=O)(=O)O)cc4cc(S(=O)(=O)O)c(N=Nc5ccc(N=Nc6ccc(N(CC)CC)cc6O)cc5)c(O)c4c3N)cc2)c(O)c1. The lowest BCUT2D eigenvalue weighted by Crippen LogP contribution is -2.21. The Bertz CT molecular complexity index is 2850. The first-order valence-electron chi connectivity index (χ1n) is 19.6. The third-order valence-corrected chi connectivity index (χ3v) is 11.6. The zero-order valence-electron chi connectivity index (χ0n) is 34.8. The number of aromatic hydroxyl groups is 3. The van der Waals surface area contributed by atoms with Crippen molar-refractivity contribution in [2.24, 2.45) is 40.9 Å². The number of anilines is 3. The first-order valence-corrected chi connectivity index (χ1v) is 22.4. The standard InChI is InChI=1S/C42H43N11O9S2/c1-5-52(6-2)30-17-19-32(34(54)23-30)48-44-26-9-13-28(14-10-26)46-50-40-36(63(57,58)59)21-25-22-37(64(60,61)62)41(42(56)38(25)39(40)43)51-47-29-15-11-27(12-16-29)45-49-33-20-18-31(24-35(33)55)53(7-3)8-4/h9-24,54-56H,5-8,43H2,1-4H3,(H,57,58,59)(H,60,61,62). The number of fused-ring (bicyclic) bond motifs is 1. The van der Waals surface area contributed by atoms with Gasteiger partial charge in [-0.25, -0.2) is 0 Å². The maximum Gasteiger partial charge on any atom is 0.296 e. The highest BCUT2D eigenvalue weighted by atomic mass is 32.2. The molecule has 7 N–H and O–H groups in total. The van der Waals surface area contributed by atoms with E-state index in [1.54, 1.807) is 24.3 Å². The molecule has 0 bridgehead atoms. The van der Waals surface area contributed by atoms with Crippen LogP contribution >= 0.6 is 0 Å². The van der Waals surface area contributed by atoms with Gasteiger partial charge in [0.1, 0.15) is 44.0 Å². The lowest BCUT2D eigenvalue weighted by atomic mass is 10.1. The number of hydrogen-bond donors (Lipinski definition) is 6. The summed E-state index contributed by atoms with van der Waals surface area (Å²) in [5, 5.41) is 64.1. The molecule has 0 aliphatic rings. The largest absolute Gasteiger partial charge is 0.506 e. The highest BCUT2D eigenvalue weighted by molar-refractivity contribution is 7.86. The number of nitrogens with two attached hydrogens (primary N) is 1. The Morgan fingerprint density at radius 2 is 0.828 bits per heavy atom. The lowest BCUT2D eigenvalue weighted by Gasteiger charge is -2.21. The fourth-order valence-electron chi connectivity index (χ4n) is 6.48. The first kappa shape index (κ1) is 46.1. The van der Waals surface area contributed by atoms with Crippen LogP contribution in [0.15, 0.2) is 148 Å². The maximum absolute atomic E-state index is 12.6. The zero-order valence-corrected chi connectivity index (χ0v) is 36.4. The van der Waals surface area contributed by atoms with Crippen molar-refractivity contribution in [1.29, 1.82) is 0 Å².